The molecule has 3 fully saturated rings. The van der Waals surface area contributed by atoms with Gasteiger partial charge in [0.1, 0.15) is 11.4 Å². The Hall–Kier alpha value is -3.81. The van der Waals surface area contributed by atoms with E-state index in [4.69, 9.17) is 23.2 Å². The number of nitrogens with zero attached hydrogens (tertiary/aromatic N) is 2. The first kappa shape index (κ1) is 31.8. The number of hydrogen-bond acceptors (Lipinski definition) is 5. The van der Waals surface area contributed by atoms with Gasteiger partial charge >= 0.3 is 0 Å². The van der Waals surface area contributed by atoms with Gasteiger partial charge in [0.15, 0.2) is 33.0 Å². The summed E-state index contributed by atoms with van der Waals surface area (Å²) in [5.41, 5.74) is -1.08. The number of alkyl halides is 2. The largest absolute Gasteiger partial charge is 0.508 e. The number of rotatable bonds is 3. The molecule has 47 heavy (non-hydrogen) atoms. The Labute approximate surface area is 280 Å². The number of aromatic hydroxyl groups is 1. The minimum Gasteiger partial charge on any atom is -0.508 e. The van der Waals surface area contributed by atoms with Gasteiger partial charge in [-0.25, -0.2) is 26.9 Å². The van der Waals surface area contributed by atoms with Gasteiger partial charge in [0, 0.05) is 10.4 Å². The molecule has 2 aliphatic heterocycles. The summed E-state index contributed by atoms with van der Waals surface area (Å²) in [6, 6.07) is 11.6. The number of carbonyl (C=O) groups is 4. The van der Waals surface area contributed by atoms with E-state index in [0.29, 0.717) is 10.0 Å². The fourth-order valence-electron chi connectivity index (χ4n) is 7.45. The van der Waals surface area contributed by atoms with Crippen LogP contribution in [-0.4, -0.2) is 38.5 Å². The van der Waals surface area contributed by atoms with Crippen molar-refractivity contribution in [2.45, 2.75) is 28.5 Å². The monoisotopic (exact) mass is 754 g/mol. The summed E-state index contributed by atoms with van der Waals surface area (Å²) in [5, 5.41) is 9.97. The van der Waals surface area contributed by atoms with Crippen LogP contribution >= 0.6 is 39.1 Å². The van der Waals surface area contributed by atoms with Crippen LogP contribution in [-0.2, 0) is 19.2 Å². The summed E-state index contributed by atoms with van der Waals surface area (Å²) >= 11 is 17.4. The van der Waals surface area contributed by atoms with Crippen molar-refractivity contribution in [1.82, 2.24) is 0 Å². The summed E-state index contributed by atoms with van der Waals surface area (Å²) in [4.78, 5) is 51.6. The highest BCUT2D eigenvalue weighted by Gasteiger charge is 2.77. The lowest BCUT2D eigenvalue weighted by atomic mass is 9.56. The second-order valence-corrected chi connectivity index (χ2v) is 13.9. The van der Waals surface area contributed by atoms with E-state index < -0.39 is 98.2 Å². The Morgan fingerprint density at radius 3 is 1.91 bits per heavy atom. The molecule has 4 aliphatic rings. The maximum Gasteiger partial charge on any atom is 0.258 e. The molecule has 7 rings (SSSR count). The Bertz CT molecular complexity index is 1950. The molecular formula is C32H18BrCl2F5N2O5. The van der Waals surface area contributed by atoms with Crippen molar-refractivity contribution in [1.29, 1.82) is 0 Å². The van der Waals surface area contributed by atoms with Gasteiger partial charge in [-0.1, -0.05) is 39.7 Å². The van der Waals surface area contributed by atoms with E-state index in [9.17, 15) is 37.5 Å². The summed E-state index contributed by atoms with van der Waals surface area (Å²) in [6.07, 6.45) is 0.997. The van der Waals surface area contributed by atoms with E-state index in [1.54, 1.807) is 30.3 Å². The van der Waals surface area contributed by atoms with Crippen LogP contribution in [0.25, 0.3) is 0 Å². The third kappa shape index (κ3) is 4.08. The first-order chi connectivity index (χ1) is 22.1. The number of anilines is 2. The smallest absolute Gasteiger partial charge is 0.258 e. The van der Waals surface area contributed by atoms with Crippen molar-refractivity contribution in [3.8, 4) is 5.75 Å². The molecule has 242 valence electrons. The van der Waals surface area contributed by atoms with Crippen LogP contribution in [0.1, 0.15) is 24.3 Å². The number of carbonyl (C=O) groups excluding carboxylic acids is 4. The van der Waals surface area contributed by atoms with Gasteiger partial charge in [-0.15, -0.1) is 23.2 Å². The molecule has 0 bridgehead atoms. The van der Waals surface area contributed by atoms with Gasteiger partial charge < -0.3 is 5.11 Å². The summed E-state index contributed by atoms with van der Waals surface area (Å²) in [7, 11) is 0. The van der Waals surface area contributed by atoms with Crippen molar-refractivity contribution in [2.24, 2.45) is 17.8 Å². The average molecular weight is 756 g/mol. The standard InChI is InChI=1S/C32H18BrCl2F5N2O5/c33-13-3-5-14(6-4-13)41-27(44)17-10-9-16-18(19(17)28(41)45)11-31(34)29(46)42(26-24(39)22(37)21(36)23(38)25(26)40)30(47)32(31,35)20(16)12-1-7-15(43)8-2-12/h1-9,17-20,43H,10-11H2/t17-,18+,19-,20-,31+,32-/m0/s1. The molecular weight excluding hydrogens is 738 g/mol. The number of hydrogen-bond donors (Lipinski definition) is 1. The lowest BCUT2D eigenvalue weighted by Crippen LogP contribution is -2.60. The molecule has 15 heteroatoms. The Kier molecular flexibility index (Phi) is 7.16. The predicted molar refractivity (Wildman–Crippen MR) is 161 cm³/mol. The van der Waals surface area contributed by atoms with Crippen LogP contribution in [0.2, 0.25) is 0 Å². The number of amides is 4. The first-order valence-electron chi connectivity index (χ1n) is 14.1. The van der Waals surface area contributed by atoms with Crippen LogP contribution in [0.15, 0.2) is 64.7 Å². The highest BCUT2D eigenvalue weighted by molar-refractivity contribution is 9.10. The molecule has 0 spiro atoms. The average Bonchev–Trinajstić information content (AvgIpc) is 3.38. The van der Waals surface area contributed by atoms with E-state index in [2.05, 4.69) is 15.9 Å². The molecule has 0 unspecified atom stereocenters. The molecule has 1 N–H and O–H groups in total. The number of halogens is 8. The quantitative estimate of drug-likeness (QED) is 0.0811. The Morgan fingerprint density at radius 1 is 0.745 bits per heavy atom. The normalized spacial score (nSPS) is 30.0. The van der Waals surface area contributed by atoms with Gasteiger partial charge in [-0.3, -0.25) is 24.1 Å². The van der Waals surface area contributed by atoms with E-state index in [1.807, 2.05) is 0 Å². The highest BCUT2D eigenvalue weighted by atomic mass is 79.9. The molecule has 2 saturated heterocycles. The van der Waals surface area contributed by atoms with Crippen LogP contribution < -0.4 is 9.80 Å². The molecule has 2 heterocycles. The van der Waals surface area contributed by atoms with Crippen LogP contribution in [0.4, 0.5) is 33.3 Å². The van der Waals surface area contributed by atoms with Crippen molar-refractivity contribution in [3.05, 3.63) is 99.3 Å². The van der Waals surface area contributed by atoms with Crippen molar-refractivity contribution in [3.63, 3.8) is 0 Å². The van der Waals surface area contributed by atoms with E-state index >= 15 is 8.78 Å². The number of benzene rings is 3. The van der Waals surface area contributed by atoms with E-state index in [0.717, 1.165) is 4.90 Å². The van der Waals surface area contributed by atoms with Gasteiger partial charge in [-0.2, -0.15) is 0 Å². The fourth-order valence-corrected chi connectivity index (χ4v) is 8.65. The summed E-state index contributed by atoms with van der Waals surface area (Å²) in [6.45, 7) is 0. The number of fused-ring (bicyclic) bond motifs is 4. The zero-order valence-electron chi connectivity index (χ0n) is 23.4. The van der Waals surface area contributed by atoms with Gasteiger partial charge in [0.2, 0.25) is 17.6 Å². The maximum atomic E-state index is 15.1. The molecule has 4 amide bonds. The number of phenolic OH excluding ortho intramolecular Hbond substituents is 1. The predicted octanol–water partition coefficient (Wildman–Crippen LogP) is 6.62. The second-order valence-electron chi connectivity index (χ2n) is 11.8. The fraction of sp³-hybridized carbons (Fsp3) is 0.250. The third-order valence-corrected chi connectivity index (χ3v) is 11.5. The van der Waals surface area contributed by atoms with Gasteiger partial charge in [0.25, 0.3) is 11.8 Å². The van der Waals surface area contributed by atoms with E-state index in [1.165, 1.54) is 24.3 Å². The molecule has 3 aromatic rings. The molecule has 6 atom stereocenters. The first-order valence-corrected chi connectivity index (χ1v) is 15.6. The topological polar surface area (TPSA) is 95.0 Å². The van der Waals surface area contributed by atoms with Crippen LogP contribution in [0, 0.1) is 46.8 Å². The van der Waals surface area contributed by atoms with Crippen molar-refractivity contribution >= 4 is 74.1 Å². The molecule has 2 aliphatic carbocycles. The lowest BCUT2D eigenvalue weighted by molar-refractivity contribution is -0.125. The molecule has 3 aromatic carbocycles. The number of allylic oxidation sites excluding steroid dienone is 2. The van der Waals surface area contributed by atoms with Crippen LogP contribution in [0.3, 0.4) is 0 Å². The van der Waals surface area contributed by atoms with E-state index in [-0.39, 0.29) is 28.3 Å². The van der Waals surface area contributed by atoms with Crippen LogP contribution in [0.5, 0.6) is 5.75 Å². The second kappa shape index (κ2) is 10.6. The molecule has 0 aromatic heterocycles. The number of imide groups is 2. The zero-order valence-corrected chi connectivity index (χ0v) is 26.5. The van der Waals surface area contributed by atoms with Crippen molar-refractivity contribution < 1.29 is 46.2 Å². The van der Waals surface area contributed by atoms with Crippen molar-refractivity contribution in [2.75, 3.05) is 9.80 Å². The van der Waals surface area contributed by atoms with Gasteiger partial charge in [-0.05, 0) is 60.7 Å². The third-order valence-electron chi connectivity index (χ3n) is 9.53. The zero-order chi connectivity index (χ0) is 33.9. The maximum absolute atomic E-state index is 15.1. The highest BCUT2D eigenvalue weighted by Crippen LogP contribution is 2.66. The summed E-state index contributed by atoms with van der Waals surface area (Å²) < 4.78 is 73.5. The molecule has 7 nitrogen and oxygen atoms in total. The minimum absolute atomic E-state index is 0.00836. The Balaban J connectivity index is 1.42. The number of phenols is 1. The molecule has 0 radical (unpaired) electrons. The van der Waals surface area contributed by atoms with Gasteiger partial charge in [0.05, 0.1) is 17.5 Å². The Morgan fingerprint density at radius 2 is 1.32 bits per heavy atom. The SMILES string of the molecule is O=C1[C@H]2[C@H](CC=C3[C@H]2C[C@@]2(Cl)C(=O)N(c4c(F)c(F)c(F)c(F)c4F)C(=O)[C@@]2(Cl)[C@H]3c2ccc(O)cc2)C(=O)N1c1ccc(Br)cc1. The lowest BCUT2D eigenvalue weighted by Gasteiger charge is -2.50. The molecule has 1 saturated carbocycles. The minimum atomic E-state index is -2.63. The summed E-state index contributed by atoms with van der Waals surface area (Å²) in [5.74, 6) is -21.2.